The minimum atomic E-state index is 0.185. The second-order valence-corrected chi connectivity index (χ2v) is 5.08. The Morgan fingerprint density at radius 2 is 2.07 bits per heavy atom. The van der Waals surface area contributed by atoms with Crippen LogP contribution in [0, 0.1) is 5.92 Å². The fourth-order valence-corrected chi connectivity index (χ4v) is 2.61. The third-order valence-corrected chi connectivity index (χ3v) is 3.62. The van der Waals surface area contributed by atoms with Gasteiger partial charge in [0, 0.05) is 10.5 Å². The van der Waals surface area contributed by atoms with Crippen molar-refractivity contribution in [3.63, 3.8) is 0 Å². The lowest BCUT2D eigenvalue weighted by Gasteiger charge is -2.28. The van der Waals surface area contributed by atoms with Crippen LogP contribution in [-0.4, -0.2) is 13.1 Å². The summed E-state index contributed by atoms with van der Waals surface area (Å²) >= 11 is 3.49. The third-order valence-electron chi connectivity index (χ3n) is 3.13. The van der Waals surface area contributed by atoms with Crippen molar-refractivity contribution < 1.29 is 0 Å². The van der Waals surface area contributed by atoms with Gasteiger partial charge in [0.25, 0.3) is 0 Å². The summed E-state index contributed by atoms with van der Waals surface area (Å²) in [4.78, 5) is 0. The molecule has 0 bridgehead atoms. The van der Waals surface area contributed by atoms with Crippen LogP contribution >= 0.6 is 15.9 Å². The molecular weight excluding hydrogens is 252 g/mol. The summed E-state index contributed by atoms with van der Waals surface area (Å²) < 4.78 is 1.12. The maximum absolute atomic E-state index is 6.29. The van der Waals surface area contributed by atoms with Gasteiger partial charge in [0.15, 0.2) is 0 Å². The molecule has 15 heavy (non-hydrogen) atoms. The van der Waals surface area contributed by atoms with Crippen molar-refractivity contribution in [1.29, 1.82) is 0 Å². The lowest BCUT2D eigenvalue weighted by Crippen LogP contribution is -2.33. The number of nitrogens with two attached hydrogens (primary N) is 1. The van der Waals surface area contributed by atoms with E-state index in [1.807, 2.05) is 6.07 Å². The lowest BCUT2D eigenvalue weighted by atomic mass is 9.87. The number of benzene rings is 1. The topological polar surface area (TPSA) is 38.0 Å². The van der Waals surface area contributed by atoms with Crippen molar-refractivity contribution >= 4 is 15.9 Å². The summed E-state index contributed by atoms with van der Waals surface area (Å²) in [7, 11) is 0. The molecule has 3 heteroatoms. The second-order valence-electron chi connectivity index (χ2n) is 4.17. The van der Waals surface area contributed by atoms with E-state index in [1.54, 1.807) is 0 Å². The normalized spacial score (nSPS) is 20.1. The average Bonchev–Trinajstić information content (AvgIpc) is 2.29. The van der Waals surface area contributed by atoms with E-state index in [0.29, 0.717) is 5.92 Å². The van der Waals surface area contributed by atoms with Crippen molar-refractivity contribution in [2.24, 2.45) is 11.7 Å². The fraction of sp³-hybridized carbons (Fsp3) is 0.500. The van der Waals surface area contributed by atoms with E-state index in [2.05, 4.69) is 39.4 Å². The monoisotopic (exact) mass is 268 g/mol. The molecule has 1 aliphatic rings. The van der Waals surface area contributed by atoms with Gasteiger partial charge in [-0.05, 0) is 49.5 Å². The summed E-state index contributed by atoms with van der Waals surface area (Å²) in [5.41, 5.74) is 7.54. The summed E-state index contributed by atoms with van der Waals surface area (Å²) in [6.45, 7) is 2.21. The predicted octanol–water partition coefficient (Wildman–Crippen LogP) is 2.45. The van der Waals surface area contributed by atoms with Crippen molar-refractivity contribution in [3.8, 4) is 0 Å². The molecule has 0 saturated carbocycles. The van der Waals surface area contributed by atoms with Gasteiger partial charge in [-0.2, -0.15) is 0 Å². The summed E-state index contributed by atoms with van der Waals surface area (Å²) in [6.07, 6.45) is 2.38. The minimum Gasteiger partial charge on any atom is -0.324 e. The van der Waals surface area contributed by atoms with Gasteiger partial charge in [-0.25, -0.2) is 0 Å². The maximum atomic E-state index is 6.29. The van der Waals surface area contributed by atoms with E-state index in [9.17, 15) is 0 Å². The standard InChI is InChI=1S/C12H17BrN2/c13-11-3-1-2-10(8-11)12(14)9-4-6-15-7-5-9/h1-3,8-9,12,15H,4-7,14H2. The zero-order valence-electron chi connectivity index (χ0n) is 8.75. The van der Waals surface area contributed by atoms with Crippen LogP contribution in [0.4, 0.5) is 0 Å². The van der Waals surface area contributed by atoms with Crippen molar-refractivity contribution in [2.75, 3.05) is 13.1 Å². The Balaban J connectivity index is 2.08. The van der Waals surface area contributed by atoms with Gasteiger partial charge in [0.1, 0.15) is 0 Å². The molecule has 1 atom stereocenters. The Hall–Kier alpha value is -0.380. The van der Waals surface area contributed by atoms with Gasteiger partial charge in [0.05, 0.1) is 0 Å². The smallest absolute Gasteiger partial charge is 0.0324 e. The summed E-state index contributed by atoms with van der Waals surface area (Å²) in [6, 6.07) is 8.54. The van der Waals surface area contributed by atoms with Crippen LogP contribution in [0.15, 0.2) is 28.7 Å². The molecule has 3 N–H and O–H groups in total. The van der Waals surface area contributed by atoms with Gasteiger partial charge in [-0.3, -0.25) is 0 Å². The molecule has 1 unspecified atom stereocenters. The number of halogens is 1. The molecule has 0 aromatic heterocycles. The Kier molecular flexibility index (Phi) is 3.78. The molecule has 1 aromatic carbocycles. The fourth-order valence-electron chi connectivity index (χ4n) is 2.19. The first-order chi connectivity index (χ1) is 7.27. The first kappa shape index (κ1) is 11.1. The van der Waals surface area contributed by atoms with Crippen LogP contribution in [0.3, 0.4) is 0 Å². The Morgan fingerprint density at radius 1 is 1.33 bits per heavy atom. The molecule has 0 aliphatic carbocycles. The van der Waals surface area contributed by atoms with Crippen LogP contribution in [0.25, 0.3) is 0 Å². The summed E-state index contributed by atoms with van der Waals surface area (Å²) in [5.74, 6) is 0.626. The Labute approximate surface area is 99.4 Å². The molecular formula is C12H17BrN2. The third kappa shape index (κ3) is 2.80. The quantitative estimate of drug-likeness (QED) is 0.865. The molecule has 1 fully saturated rings. The van der Waals surface area contributed by atoms with Crippen LogP contribution in [-0.2, 0) is 0 Å². The number of piperidine rings is 1. The number of hydrogen-bond donors (Lipinski definition) is 2. The minimum absolute atomic E-state index is 0.185. The SMILES string of the molecule is NC(c1cccc(Br)c1)C1CCNCC1. The van der Waals surface area contributed by atoms with E-state index in [4.69, 9.17) is 5.73 Å². The highest BCUT2D eigenvalue weighted by Gasteiger charge is 2.21. The lowest BCUT2D eigenvalue weighted by molar-refractivity contribution is 0.322. The van der Waals surface area contributed by atoms with Gasteiger partial charge < -0.3 is 11.1 Å². The highest BCUT2D eigenvalue weighted by atomic mass is 79.9. The van der Waals surface area contributed by atoms with Crippen LogP contribution < -0.4 is 11.1 Å². The van der Waals surface area contributed by atoms with Crippen molar-refractivity contribution in [3.05, 3.63) is 34.3 Å². The molecule has 1 aliphatic heterocycles. The first-order valence-corrected chi connectivity index (χ1v) is 6.28. The molecule has 82 valence electrons. The molecule has 0 radical (unpaired) electrons. The summed E-state index contributed by atoms with van der Waals surface area (Å²) in [5, 5.41) is 3.37. The predicted molar refractivity (Wildman–Crippen MR) is 66.7 cm³/mol. The zero-order chi connectivity index (χ0) is 10.7. The molecule has 1 saturated heterocycles. The van der Waals surface area contributed by atoms with Gasteiger partial charge >= 0.3 is 0 Å². The number of nitrogens with one attached hydrogen (secondary N) is 1. The molecule has 2 nitrogen and oxygen atoms in total. The highest BCUT2D eigenvalue weighted by Crippen LogP contribution is 2.27. The van der Waals surface area contributed by atoms with Crippen LogP contribution in [0.2, 0.25) is 0 Å². The Morgan fingerprint density at radius 3 is 2.73 bits per heavy atom. The van der Waals surface area contributed by atoms with E-state index in [1.165, 1.54) is 18.4 Å². The largest absolute Gasteiger partial charge is 0.324 e. The Bertz CT molecular complexity index is 321. The highest BCUT2D eigenvalue weighted by molar-refractivity contribution is 9.10. The molecule has 1 aromatic rings. The molecule has 0 amide bonds. The first-order valence-electron chi connectivity index (χ1n) is 5.49. The van der Waals surface area contributed by atoms with E-state index >= 15 is 0 Å². The van der Waals surface area contributed by atoms with Crippen molar-refractivity contribution in [2.45, 2.75) is 18.9 Å². The second kappa shape index (κ2) is 5.10. The molecule has 1 heterocycles. The van der Waals surface area contributed by atoms with Gasteiger partial charge in [-0.1, -0.05) is 28.1 Å². The molecule has 2 rings (SSSR count). The zero-order valence-corrected chi connectivity index (χ0v) is 10.3. The number of hydrogen-bond acceptors (Lipinski definition) is 2. The van der Waals surface area contributed by atoms with E-state index in [0.717, 1.165) is 17.6 Å². The van der Waals surface area contributed by atoms with E-state index < -0.39 is 0 Å². The maximum Gasteiger partial charge on any atom is 0.0324 e. The van der Waals surface area contributed by atoms with Crippen LogP contribution in [0.1, 0.15) is 24.4 Å². The number of rotatable bonds is 2. The van der Waals surface area contributed by atoms with Crippen molar-refractivity contribution in [1.82, 2.24) is 5.32 Å². The van der Waals surface area contributed by atoms with Gasteiger partial charge in [0.2, 0.25) is 0 Å². The molecule has 0 spiro atoms. The average molecular weight is 269 g/mol. The van der Waals surface area contributed by atoms with E-state index in [-0.39, 0.29) is 6.04 Å². The van der Waals surface area contributed by atoms with Crippen LogP contribution in [0.5, 0.6) is 0 Å². The van der Waals surface area contributed by atoms with Gasteiger partial charge in [-0.15, -0.1) is 0 Å².